The van der Waals surface area contributed by atoms with Gasteiger partial charge < -0.3 is 4.98 Å². The summed E-state index contributed by atoms with van der Waals surface area (Å²) in [5.74, 6) is 1.13. The third kappa shape index (κ3) is 4.35. The molecule has 5 nitrogen and oxygen atoms in total. The number of rotatable bonds is 7. The van der Waals surface area contributed by atoms with Crippen molar-refractivity contribution in [3.8, 4) is 11.4 Å². The Morgan fingerprint density at radius 3 is 2.58 bits per heavy atom. The number of nitrogens with zero attached hydrogens (tertiary/aromatic N) is 3. The molecule has 4 aromatic rings. The quantitative estimate of drug-likeness (QED) is 0.226. The highest BCUT2D eigenvalue weighted by Crippen LogP contribution is 2.28. The number of hydrogen-bond acceptors (Lipinski definition) is 4. The molecular formula is C25H26N4OS. The van der Waals surface area contributed by atoms with Gasteiger partial charge in [0.1, 0.15) is 0 Å². The van der Waals surface area contributed by atoms with Crippen molar-refractivity contribution in [3.63, 3.8) is 0 Å². The van der Waals surface area contributed by atoms with E-state index in [0.29, 0.717) is 23.0 Å². The van der Waals surface area contributed by atoms with E-state index in [1.807, 2.05) is 34.9 Å². The lowest BCUT2D eigenvalue weighted by atomic mass is 9.87. The minimum Gasteiger partial charge on any atom is -0.360 e. The zero-order valence-electron chi connectivity index (χ0n) is 18.1. The van der Waals surface area contributed by atoms with Crippen molar-refractivity contribution >= 4 is 28.4 Å². The van der Waals surface area contributed by atoms with Gasteiger partial charge >= 0.3 is 0 Å². The van der Waals surface area contributed by atoms with E-state index in [1.54, 1.807) is 6.20 Å². The van der Waals surface area contributed by atoms with Crippen LogP contribution in [0.4, 0.5) is 0 Å². The van der Waals surface area contributed by atoms with E-state index in [4.69, 9.17) is 0 Å². The molecule has 0 bridgehead atoms. The van der Waals surface area contributed by atoms with Crippen molar-refractivity contribution in [1.29, 1.82) is 0 Å². The average Bonchev–Trinajstić information content (AvgIpc) is 3.36. The number of allylic oxidation sites excluding steroid dienone is 1. The second-order valence-electron chi connectivity index (χ2n) is 8.49. The van der Waals surface area contributed by atoms with Gasteiger partial charge in [-0.2, -0.15) is 0 Å². The molecule has 0 radical (unpaired) electrons. The van der Waals surface area contributed by atoms with E-state index < -0.39 is 0 Å². The molecule has 0 saturated heterocycles. The molecular weight excluding hydrogens is 404 g/mol. The van der Waals surface area contributed by atoms with Gasteiger partial charge in [0.05, 0.1) is 5.75 Å². The monoisotopic (exact) mass is 430 g/mol. The molecule has 2 aromatic heterocycles. The summed E-state index contributed by atoms with van der Waals surface area (Å²) < 4.78 is 2.01. The summed E-state index contributed by atoms with van der Waals surface area (Å²) in [5.41, 5.74) is 4.03. The van der Waals surface area contributed by atoms with E-state index in [2.05, 4.69) is 66.8 Å². The number of aromatic nitrogens is 4. The molecule has 2 aromatic carbocycles. The van der Waals surface area contributed by atoms with Gasteiger partial charge in [0, 0.05) is 34.8 Å². The molecule has 2 heterocycles. The maximum atomic E-state index is 12.9. The first kappa shape index (κ1) is 21.1. The molecule has 0 aliphatic heterocycles. The summed E-state index contributed by atoms with van der Waals surface area (Å²) in [7, 11) is 0. The average molecular weight is 431 g/mol. The molecule has 0 amide bonds. The van der Waals surface area contributed by atoms with Gasteiger partial charge in [0.15, 0.2) is 16.8 Å². The Morgan fingerprint density at radius 1 is 1.13 bits per heavy atom. The van der Waals surface area contributed by atoms with Crippen molar-refractivity contribution in [2.24, 2.45) is 0 Å². The van der Waals surface area contributed by atoms with Gasteiger partial charge in [-0.15, -0.1) is 16.8 Å². The van der Waals surface area contributed by atoms with Gasteiger partial charge in [0.25, 0.3) is 0 Å². The van der Waals surface area contributed by atoms with Gasteiger partial charge in [-0.3, -0.25) is 9.36 Å². The van der Waals surface area contributed by atoms with E-state index in [-0.39, 0.29) is 11.2 Å². The lowest BCUT2D eigenvalue weighted by molar-refractivity contribution is 0.102. The minimum absolute atomic E-state index is 0.0617. The SMILES string of the molecule is C=CCn1c(SCC(=O)c2c[nH]c3ccccc23)nnc1-c1ccc(C(C)(C)C)cc1. The Balaban J connectivity index is 1.56. The molecule has 0 unspecified atom stereocenters. The van der Waals surface area contributed by atoms with Crippen LogP contribution in [0, 0.1) is 0 Å². The molecule has 0 atom stereocenters. The summed E-state index contributed by atoms with van der Waals surface area (Å²) in [6.07, 6.45) is 3.60. The van der Waals surface area contributed by atoms with Crippen LogP contribution >= 0.6 is 11.8 Å². The van der Waals surface area contributed by atoms with Crippen molar-refractivity contribution in [1.82, 2.24) is 19.7 Å². The van der Waals surface area contributed by atoms with Gasteiger partial charge in [-0.05, 0) is 17.0 Å². The Kier molecular flexibility index (Phi) is 5.83. The minimum atomic E-state index is 0.0617. The largest absolute Gasteiger partial charge is 0.360 e. The lowest BCUT2D eigenvalue weighted by Gasteiger charge is -2.19. The van der Waals surface area contributed by atoms with Gasteiger partial charge in [-0.25, -0.2) is 0 Å². The Hall–Kier alpha value is -3.12. The second-order valence-corrected chi connectivity index (χ2v) is 9.44. The molecule has 0 fully saturated rings. The molecule has 4 rings (SSSR count). The first-order valence-electron chi connectivity index (χ1n) is 10.3. The number of thioether (sulfide) groups is 1. The van der Waals surface area contributed by atoms with Crippen molar-refractivity contribution < 1.29 is 4.79 Å². The van der Waals surface area contributed by atoms with Crippen LogP contribution in [0.2, 0.25) is 0 Å². The highest BCUT2D eigenvalue weighted by Gasteiger charge is 2.18. The number of Topliss-reactive ketones (excluding diaryl/α,β-unsaturated/α-hetero) is 1. The normalized spacial score (nSPS) is 11.7. The smallest absolute Gasteiger partial charge is 0.192 e. The summed E-state index contributed by atoms with van der Waals surface area (Å²) in [6.45, 7) is 11.0. The highest BCUT2D eigenvalue weighted by atomic mass is 32.2. The predicted octanol–water partition coefficient (Wildman–Crippen LogP) is 5.88. The van der Waals surface area contributed by atoms with Crippen LogP contribution in [-0.2, 0) is 12.0 Å². The van der Waals surface area contributed by atoms with Crippen LogP contribution < -0.4 is 0 Å². The van der Waals surface area contributed by atoms with Gasteiger partial charge in [0.2, 0.25) is 0 Å². The first-order chi connectivity index (χ1) is 14.9. The van der Waals surface area contributed by atoms with E-state index in [9.17, 15) is 4.79 Å². The number of aromatic amines is 1. The van der Waals surface area contributed by atoms with Crippen LogP contribution in [0.5, 0.6) is 0 Å². The maximum Gasteiger partial charge on any atom is 0.192 e. The van der Waals surface area contributed by atoms with Crippen LogP contribution in [0.1, 0.15) is 36.7 Å². The second kappa shape index (κ2) is 8.55. The van der Waals surface area contributed by atoms with Crippen LogP contribution in [-0.4, -0.2) is 31.3 Å². The Bertz CT molecular complexity index is 1230. The number of ketones is 1. The van der Waals surface area contributed by atoms with Crippen molar-refractivity contribution in [2.45, 2.75) is 37.9 Å². The van der Waals surface area contributed by atoms with Crippen LogP contribution in [0.15, 0.2) is 72.5 Å². The summed E-state index contributed by atoms with van der Waals surface area (Å²) in [6, 6.07) is 16.3. The highest BCUT2D eigenvalue weighted by molar-refractivity contribution is 7.99. The molecule has 1 N–H and O–H groups in total. The van der Waals surface area contributed by atoms with Crippen molar-refractivity contribution in [2.75, 3.05) is 5.75 Å². The number of carbonyl (C=O) groups excluding carboxylic acids is 1. The zero-order chi connectivity index (χ0) is 22.0. The third-order valence-electron chi connectivity index (χ3n) is 5.26. The fraction of sp³-hybridized carbons (Fsp3) is 0.240. The summed E-state index contributed by atoms with van der Waals surface area (Å²) in [5, 5.41) is 10.4. The first-order valence-corrected chi connectivity index (χ1v) is 11.2. The molecule has 6 heteroatoms. The molecule has 158 valence electrons. The molecule has 0 spiro atoms. The number of carbonyl (C=O) groups is 1. The summed E-state index contributed by atoms with van der Waals surface area (Å²) in [4.78, 5) is 16.0. The fourth-order valence-electron chi connectivity index (χ4n) is 3.53. The zero-order valence-corrected chi connectivity index (χ0v) is 18.9. The summed E-state index contributed by atoms with van der Waals surface area (Å²) >= 11 is 1.40. The molecule has 31 heavy (non-hydrogen) atoms. The number of fused-ring (bicyclic) bond motifs is 1. The standard InChI is InChI=1S/C25H26N4OS/c1-5-14-29-23(17-10-12-18(13-11-17)25(2,3)4)27-28-24(29)31-16-22(30)20-15-26-21-9-7-6-8-19(20)21/h5-13,15,26H,1,14,16H2,2-4H3. The topological polar surface area (TPSA) is 63.6 Å². The number of hydrogen-bond donors (Lipinski definition) is 1. The Labute approximate surface area is 186 Å². The number of benzene rings is 2. The van der Waals surface area contributed by atoms with Crippen molar-refractivity contribution in [3.05, 3.63) is 78.5 Å². The van der Waals surface area contributed by atoms with Crippen LogP contribution in [0.3, 0.4) is 0 Å². The predicted molar refractivity (Wildman–Crippen MR) is 128 cm³/mol. The fourth-order valence-corrected chi connectivity index (χ4v) is 4.36. The molecule has 0 saturated carbocycles. The van der Waals surface area contributed by atoms with Gasteiger partial charge in [-0.1, -0.05) is 81.1 Å². The van der Waals surface area contributed by atoms with E-state index in [1.165, 1.54) is 17.3 Å². The molecule has 0 aliphatic carbocycles. The Morgan fingerprint density at radius 2 is 1.87 bits per heavy atom. The molecule has 0 aliphatic rings. The van der Waals surface area contributed by atoms with Crippen LogP contribution in [0.25, 0.3) is 22.3 Å². The number of para-hydroxylation sites is 1. The third-order valence-corrected chi connectivity index (χ3v) is 6.23. The van der Waals surface area contributed by atoms with E-state index >= 15 is 0 Å². The van der Waals surface area contributed by atoms with E-state index in [0.717, 1.165) is 22.3 Å². The lowest BCUT2D eigenvalue weighted by Crippen LogP contribution is -2.10. The number of H-pyrrole nitrogens is 1. The number of nitrogens with one attached hydrogen (secondary N) is 1. The maximum absolute atomic E-state index is 12.9.